The Morgan fingerprint density at radius 1 is 1.30 bits per heavy atom. The number of nitrogens with two attached hydrogens (primary N) is 1. The summed E-state index contributed by atoms with van der Waals surface area (Å²) in [7, 11) is 0. The molecule has 0 radical (unpaired) electrons. The van der Waals surface area contributed by atoms with Gasteiger partial charge in [-0.2, -0.15) is 0 Å². The Morgan fingerprint density at radius 2 is 1.90 bits per heavy atom. The summed E-state index contributed by atoms with van der Waals surface area (Å²) in [4.78, 5) is 23.5. The summed E-state index contributed by atoms with van der Waals surface area (Å²) >= 11 is 0. The molecule has 5 nitrogen and oxygen atoms in total. The summed E-state index contributed by atoms with van der Waals surface area (Å²) in [5, 5.41) is 5.36. The summed E-state index contributed by atoms with van der Waals surface area (Å²) < 4.78 is 0. The van der Waals surface area contributed by atoms with Crippen LogP contribution in [0.25, 0.3) is 0 Å². The average Bonchev–Trinajstić information content (AvgIpc) is 2.41. The monoisotopic (exact) mass is 275 g/mol. The molecular formula is C15H21N3O2. The van der Waals surface area contributed by atoms with Crippen molar-refractivity contribution in [2.45, 2.75) is 38.3 Å². The first-order valence-corrected chi connectivity index (χ1v) is 6.75. The second-order valence-corrected chi connectivity index (χ2v) is 6.13. The highest BCUT2D eigenvalue weighted by atomic mass is 16.2. The summed E-state index contributed by atoms with van der Waals surface area (Å²) in [6.07, 6.45) is 0. The fourth-order valence-corrected chi connectivity index (χ4v) is 2.15. The number of rotatable bonds is 3. The molecule has 108 valence electrons. The van der Waals surface area contributed by atoms with Crippen molar-refractivity contribution in [3.05, 3.63) is 35.4 Å². The quantitative estimate of drug-likeness (QED) is 0.704. The molecule has 0 saturated carbocycles. The molecule has 2 amide bonds. The summed E-state index contributed by atoms with van der Waals surface area (Å²) in [6.45, 7) is 6.67. The minimum absolute atomic E-state index is 0.0491. The topological polar surface area (TPSA) is 84.2 Å². The van der Waals surface area contributed by atoms with Crippen molar-refractivity contribution in [1.82, 2.24) is 10.6 Å². The molecule has 0 aromatic heterocycles. The van der Waals surface area contributed by atoms with Gasteiger partial charge in [0.05, 0.1) is 6.04 Å². The number of amides is 2. The van der Waals surface area contributed by atoms with Gasteiger partial charge < -0.3 is 16.4 Å². The van der Waals surface area contributed by atoms with Crippen molar-refractivity contribution in [1.29, 1.82) is 0 Å². The van der Waals surface area contributed by atoms with E-state index in [0.29, 0.717) is 12.1 Å². The van der Waals surface area contributed by atoms with Crippen LogP contribution in [0.3, 0.4) is 0 Å². The lowest BCUT2D eigenvalue weighted by Crippen LogP contribution is -2.71. The molecule has 1 aliphatic heterocycles. The number of carbonyl (C=O) groups excluding carboxylic acids is 2. The third-order valence-electron chi connectivity index (χ3n) is 3.57. The zero-order chi connectivity index (χ0) is 14.9. The first-order valence-electron chi connectivity index (χ1n) is 6.75. The predicted octanol–water partition coefficient (Wildman–Crippen LogP) is 0.540. The highest BCUT2D eigenvalue weighted by Crippen LogP contribution is 2.22. The van der Waals surface area contributed by atoms with Crippen LogP contribution < -0.4 is 16.4 Å². The number of benzene rings is 1. The lowest BCUT2D eigenvalue weighted by atomic mass is 9.86. The maximum absolute atomic E-state index is 12.1. The van der Waals surface area contributed by atoms with Crippen molar-refractivity contribution in [2.75, 3.05) is 6.54 Å². The second-order valence-electron chi connectivity index (χ2n) is 6.13. The van der Waals surface area contributed by atoms with Crippen LogP contribution in [0.5, 0.6) is 0 Å². The second kappa shape index (κ2) is 5.25. The van der Waals surface area contributed by atoms with E-state index in [1.165, 1.54) is 0 Å². The molecule has 2 rings (SSSR count). The van der Waals surface area contributed by atoms with Gasteiger partial charge in [0.15, 0.2) is 0 Å². The maximum atomic E-state index is 12.1. The first-order chi connectivity index (χ1) is 9.32. The molecule has 20 heavy (non-hydrogen) atoms. The van der Waals surface area contributed by atoms with E-state index in [-0.39, 0.29) is 23.3 Å². The van der Waals surface area contributed by atoms with Gasteiger partial charge in [0, 0.05) is 12.1 Å². The normalized spacial score (nSPS) is 21.9. The number of carbonyl (C=O) groups is 2. The Kier molecular flexibility index (Phi) is 3.81. The van der Waals surface area contributed by atoms with E-state index in [4.69, 9.17) is 5.73 Å². The maximum Gasteiger partial charge on any atom is 0.251 e. The van der Waals surface area contributed by atoms with Crippen molar-refractivity contribution in [3.63, 3.8) is 0 Å². The molecule has 1 aromatic rings. The molecule has 1 heterocycles. The van der Waals surface area contributed by atoms with E-state index < -0.39 is 6.04 Å². The summed E-state index contributed by atoms with van der Waals surface area (Å²) in [5.41, 5.74) is 7.26. The van der Waals surface area contributed by atoms with E-state index in [1.54, 1.807) is 12.1 Å². The highest BCUT2D eigenvalue weighted by molar-refractivity contribution is 5.99. The predicted molar refractivity (Wildman–Crippen MR) is 77.4 cm³/mol. The van der Waals surface area contributed by atoms with Gasteiger partial charge in [-0.05, 0) is 23.1 Å². The lowest BCUT2D eigenvalue weighted by Gasteiger charge is -2.36. The van der Waals surface area contributed by atoms with Gasteiger partial charge in [-0.3, -0.25) is 9.59 Å². The van der Waals surface area contributed by atoms with E-state index >= 15 is 0 Å². The van der Waals surface area contributed by atoms with Crippen molar-refractivity contribution >= 4 is 11.8 Å². The van der Waals surface area contributed by atoms with E-state index in [2.05, 4.69) is 31.4 Å². The van der Waals surface area contributed by atoms with Crippen molar-refractivity contribution in [2.24, 2.45) is 5.73 Å². The Labute approximate surface area is 118 Å². The Bertz CT molecular complexity index is 517. The zero-order valence-corrected chi connectivity index (χ0v) is 12.1. The van der Waals surface area contributed by atoms with Gasteiger partial charge in [-0.1, -0.05) is 32.9 Å². The van der Waals surface area contributed by atoms with Crippen LogP contribution in [0.15, 0.2) is 24.3 Å². The number of nitrogens with one attached hydrogen (secondary N) is 2. The van der Waals surface area contributed by atoms with Crippen LogP contribution >= 0.6 is 0 Å². The summed E-state index contributed by atoms with van der Waals surface area (Å²) in [5.74, 6) is -0.427. The minimum Gasteiger partial charge on any atom is -0.348 e. The molecule has 0 spiro atoms. The van der Waals surface area contributed by atoms with Gasteiger partial charge in [-0.15, -0.1) is 0 Å². The molecule has 1 aliphatic rings. The molecule has 2 atom stereocenters. The first kappa shape index (κ1) is 14.5. The zero-order valence-electron chi connectivity index (χ0n) is 12.1. The van der Waals surface area contributed by atoms with E-state index in [9.17, 15) is 9.59 Å². The van der Waals surface area contributed by atoms with Crippen molar-refractivity contribution in [3.8, 4) is 0 Å². The largest absolute Gasteiger partial charge is 0.348 e. The summed E-state index contributed by atoms with van der Waals surface area (Å²) in [6, 6.07) is 6.76. The highest BCUT2D eigenvalue weighted by Gasteiger charge is 2.39. The molecule has 4 N–H and O–H groups in total. The minimum atomic E-state index is -0.519. The molecule has 0 aliphatic carbocycles. The average molecular weight is 275 g/mol. The van der Waals surface area contributed by atoms with Crippen LogP contribution in [0.1, 0.15) is 36.7 Å². The van der Waals surface area contributed by atoms with Crippen LogP contribution in [0, 0.1) is 0 Å². The SMILES string of the molecule is CC(C)(C)c1ccc(C(=O)N[C@H]2C(=O)N[C@H]2CN)cc1. The molecule has 5 heteroatoms. The lowest BCUT2D eigenvalue weighted by molar-refractivity contribution is -0.131. The van der Waals surface area contributed by atoms with Gasteiger partial charge in [0.1, 0.15) is 6.04 Å². The molecule has 1 saturated heterocycles. The Morgan fingerprint density at radius 3 is 2.35 bits per heavy atom. The number of hydrogen-bond acceptors (Lipinski definition) is 3. The van der Waals surface area contributed by atoms with Crippen LogP contribution in [-0.2, 0) is 10.2 Å². The standard InChI is InChI=1S/C15H21N3O2/c1-15(2,3)10-6-4-9(5-7-10)13(19)18-12-11(8-16)17-14(12)20/h4-7,11-12H,8,16H2,1-3H3,(H,17,20)(H,18,19)/t11-,12+/m0/s1. The van der Waals surface area contributed by atoms with Gasteiger partial charge >= 0.3 is 0 Å². The van der Waals surface area contributed by atoms with Gasteiger partial charge in [0.2, 0.25) is 5.91 Å². The fraction of sp³-hybridized carbons (Fsp3) is 0.467. The Balaban J connectivity index is 2.05. The Hall–Kier alpha value is -1.88. The van der Waals surface area contributed by atoms with Gasteiger partial charge in [-0.25, -0.2) is 0 Å². The van der Waals surface area contributed by atoms with Crippen LogP contribution in [0.2, 0.25) is 0 Å². The van der Waals surface area contributed by atoms with Crippen LogP contribution in [-0.4, -0.2) is 30.4 Å². The smallest absolute Gasteiger partial charge is 0.251 e. The van der Waals surface area contributed by atoms with Crippen molar-refractivity contribution < 1.29 is 9.59 Å². The van der Waals surface area contributed by atoms with E-state index in [1.807, 2.05) is 12.1 Å². The molecule has 1 aromatic carbocycles. The van der Waals surface area contributed by atoms with Gasteiger partial charge in [0.25, 0.3) is 5.91 Å². The molecule has 1 fully saturated rings. The molecule has 0 bridgehead atoms. The van der Waals surface area contributed by atoms with E-state index in [0.717, 1.165) is 5.56 Å². The van der Waals surface area contributed by atoms with Crippen LogP contribution in [0.4, 0.5) is 0 Å². The molecule has 0 unspecified atom stereocenters. The number of β-lactam (4-membered cyclic amide) rings is 1. The third-order valence-corrected chi connectivity index (χ3v) is 3.57. The third kappa shape index (κ3) is 2.82. The number of hydrogen-bond donors (Lipinski definition) is 3. The molecular weight excluding hydrogens is 254 g/mol. The fourth-order valence-electron chi connectivity index (χ4n) is 2.15.